The molecular formula is C20H20F3N5O2. The Morgan fingerprint density at radius 1 is 1.33 bits per heavy atom. The molecule has 0 aromatic carbocycles. The van der Waals surface area contributed by atoms with E-state index in [0.29, 0.717) is 23.2 Å². The van der Waals surface area contributed by atoms with E-state index in [2.05, 4.69) is 10.2 Å². The molecule has 0 saturated heterocycles. The molecule has 0 fully saturated rings. The molecule has 4 heterocycles. The summed E-state index contributed by atoms with van der Waals surface area (Å²) in [6, 6.07) is 5.21. The van der Waals surface area contributed by atoms with Crippen molar-refractivity contribution in [1.82, 2.24) is 24.8 Å². The Morgan fingerprint density at radius 2 is 2.10 bits per heavy atom. The van der Waals surface area contributed by atoms with E-state index in [0.717, 1.165) is 12.4 Å². The quantitative estimate of drug-likeness (QED) is 0.685. The first kappa shape index (κ1) is 20.0. The van der Waals surface area contributed by atoms with Gasteiger partial charge in [-0.05, 0) is 32.0 Å². The molecule has 0 bridgehead atoms. The summed E-state index contributed by atoms with van der Waals surface area (Å²) in [5.41, 5.74) is 2.34. The highest BCUT2D eigenvalue weighted by Crippen LogP contribution is 2.27. The molecule has 10 heteroatoms. The van der Waals surface area contributed by atoms with Crippen LogP contribution in [-0.2, 0) is 13.0 Å². The fourth-order valence-corrected chi connectivity index (χ4v) is 3.61. The Labute approximate surface area is 169 Å². The molecule has 3 aromatic rings. The van der Waals surface area contributed by atoms with Crippen molar-refractivity contribution in [2.24, 2.45) is 0 Å². The molecule has 4 rings (SSSR count). The van der Waals surface area contributed by atoms with Crippen molar-refractivity contribution >= 4 is 17.3 Å². The molecule has 0 spiro atoms. The fraction of sp³-hybridized carbons (Fsp3) is 0.350. The van der Waals surface area contributed by atoms with Crippen LogP contribution in [0.25, 0.3) is 5.52 Å². The van der Waals surface area contributed by atoms with Gasteiger partial charge in [-0.25, -0.2) is 0 Å². The standard InChI is InChI=1S/C20H20F3N5O2/c1-11-7-16-15(17(26-25-16)18(29)24-12(2)20(21,22)23)10-28(11)19(30)13-8-14-5-3-4-6-27(14)9-13/h3-6,8-9,11-12H,7,10H2,1-2H3,(H,24,29)(H,25,26). The number of aromatic nitrogens is 3. The van der Waals surface area contributed by atoms with Crippen molar-refractivity contribution in [1.29, 1.82) is 0 Å². The largest absolute Gasteiger partial charge is 0.408 e. The summed E-state index contributed by atoms with van der Waals surface area (Å²) >= 11 is 0. The SMILES string of the molecule is CC1Cc2n[nH]c(C(=O)NC(C)C(F)(F)F)c2CN1C(=O)c1cc2ccccn2c1. The van der Waals surface area contributed by atoms with Gasteiger partial charge in [0.05, 0.1) is 17.8 Å². The third-order valence-corrected chi connectivity index (χ3v) is 5.38. The van der Waals surface area contributed by atoms with Gasteiger partial charge in [0.25, 0.3) is 11.8 Å². The van der Waals surface area contributed by atoms with Gasteiger partial charge in [0.1, 0.15) is 11.7 Å². The highest BCUT2D eigenvalue weighted by molar-refractivity contribution is 5.97. The van der Waals surface area contributed by atoms with Crippen LogP contribution in [0.4, 0.5) is 13.2 Å². The number of hydrogen-bond donors (Lipinski definition) is 2. The zero-order valence-electron chi connectivity index (χ0n) is 16.3. The second-order valence-corrected chi connectivity index (χ2v) is 7.51. The number of halogens is 3. The van der Waals surface area contributed by atoms with Crippen LogP contribution in [0.5, 0.6) is 0 Å². The molecule has 1 aliphatic heterocycles. The van der Waals surface area contributed by atoms with E-state index in [1.54, 1.807) is 17.2 Å². The van der Waals surface area contributed by atoms with Gasteiger partial charge in [-0.1, -0.05) is 6.07 Å². The van der Waals surface area contributed by atoms with E-state index in [-0.39, 0.29) is 24.2 Å². The van der Waals surface area contributed by atoms with E-state index in [1.165, 1.54) is 0 Å². The van der Waals surface area contributed by atoms with Crippen LogP contribution >= 0.6 is 0 Å². The first-order valence-corrected chi connectivity index (χ1v) is 9.46. The van der Waals surface area contributed by atoms with Crippen LogP contribution in [0.1, 0.15) is 46.0 Å². The molecule has 0 saturated carbocycles. The Bertz CT molecular complexity index is 1080. The van der Waals surface area contributed by atoms with Crippen LogP contribution in [0, 0.1) is 0 Å². The number of pyridine rings is 1. The molecule has 2 amide bonds. The smallest absolute Gasteiger partial charge is 0.339 e. The van der Waals surface area contributed by atoms with Crippen LogP contribution in [0.15, 0.2) is 36.7 Å². The maximum Gasteiger partial charge on any atom is 0.408 e. The number of carbonyl (C=O) groups is 2. The topological polar surface area (TPSA) is 82.5 Å². The number of aromatic amines is 1. The molecule has 158 valence electrons. The monoisotopic (exact) mass is 419 g/mol. The molecule has 0 radical (unpaired) electrons. The van der Waals surface area contributed by atoms with Crippen LogP contribution in [-0.4, -0.2) is 49.6 Å². The molecule has 0 aliphatic carbocycles. The minimum Gasteiger partial charge on any atom is -0.339 e. The van der Waals surface area contributed by atoms with Crippen molar-refractivity contribution in [3.8, 4) is 0 Å². The first-order valence-electron chi connectivity index (χ1n) is 9.46. The van der Waals surface area contributed by atoms with Crippen molar-refractivity contribution in [3.63, 3.8) is 0 Å². The molecule has 1 aliphatic rings. The number of carbonyl (C=O) groups excluding carboxylic acids is 2. The summed E-state index contributed by atoms with van der Waals surface area (Å²) in [5.74, 6) is -1.11. The number of amides is 2. The van der Waals surface area contributed by atoms with E-state index >= 15 is 0 Å². The zero-order valence-corrected chi connectivity index (χ0v) is 16.3. The number of fused-ring (bicyclic) bond motifs is 2. The molecule has 3 aromatic heterocycles. The van der Waals surface area contributed by atoms with Gasteiger partial charge in [-0.2, -0.15) is 18.3 Å². The van der Waals surface area contributed by atoms with Gasteiger partial charge in [-0.3, -0.25) is 14.7 Å². The number of nitrogens with one attached hydrogen (secondary N) is 2. The van der Waals surface area contributed by atoms with E-state index in [1.807, 2.05) is 41.0 Å². The zero-order chi connectivity index (χ0) is 21.6. The molecule has 2 atom stereocenters. The predicted molar refractivity (Wildman–Crippen MR) is 102 cm³/mol. The Balaban J connectivity index is 1.58. The fourth-order valence-electron chi connectivity index (χ4n) is 3.61. The van der Waals surface area contributed by atoms with Crippen molar-refractivity contribution < 1.29 is 22.8 Å². The maximum absolute atomic E-state index is 13.1. The van der Waals surface area contributed by atoms with Gasteiger partial charge in [0.2, 0.25) is 0 Å². The van der Waals surface area contributed by atoms with Crippen molar-refractivity contribution in [2.45, 2.75) is 45.1 Å². The average Bonchev–Trinajstić information content (AvgIpc) is 3.29. The lowest BCUT2D eigenvalue weighted by atomic mass is 9.98. The van der Waals surface area contributed by atoms with Crippen LogP contribution in [0.3, 0.4) is 0 Å². The molecule has 2 N–H and O–H groups in total. The molecule has 7 nitrogen and oxygen atoms in total. The van der Waals surface area contributed by atoms with E-state index in [9.17, 15) is 22.8 Å². The lowest BCUT2D eigenvalue weighted by Gasteiger charge is -2.33. The van der Waals surface area contributed by atoms with Crippen LogP contribution in [0.2, 0.25) is 0 Å². The maximum atomic E-state index is 13.1. The predicted octanol–water partition coefficient (Wildman–Crippen LogP) is 2.93. The first-order chi connectivity index (χ1) is 14.1. The summed E-state index contributed by atoms with van der Waals surface area (Å²) in [6.45, 7) is 2.83. The van der Waals surface area contributed by atoms with Crippen molar-refractivity contribution in [2.75, 3.05) is 0 Å². The summed E-state index contributed by atoms with van der Waals surface area (Å²) in [7, 11) is 0. The number of nitrogens with zero attached hydrogens (tertiary/aromatic N) is 3. The number of H-pyrrole nitrogens is 1. The normalized spacial score (nSPS) is 17.6. The Morgan fingerprint density at radius 3 is 2.80 bits per heavy atom. The third-order valence-electron chi connectivity index (χ3n) is 5.38. The number of rotatable bonds is 3. The van der Waals surface area contributed by atoms with Gasteiger partial charge in [-0.15, -0.1) is 0 Å². The highest BCUT2D eigenvalue weighted by atomic mass is 19.4. The summed E-state index contributed by atoms with van der Waals surface area (Å²) < 4.78 is 40.2. The van der Waals surface area contributed by atoms with Crippen molar-refractivity contribution in [3.05, 3.63) is 59.2 Å². The van der Waals surface area contributed by atoms with E-state index < -0.39 is 18.1 Å². The highest BCUT2D eigenvalue weighted by Gasteiger charge is 2.39. The van der Waals surface area contributed by atoms with Gasteiger partial charge < -0.3 is 14.6 Å². The summed E-state index contributed by atoms with van der Waals surface area (Å²) in [4.78, 5) is 27.1. The Hall–Kier alpha value is -3.30. The number of alkyl halides is 3. The Kier molecular flexibility index (Phi) is 4.79. The lowest BCUT2D eigenvalue weighted by Crippen LogP contribution is -2.45. The minimum absolute atomic E-state index is 0.0483. The van der Waals surface area contributed by atoms with Gasteiger partial charge >= 0.3 is 6.18 Å². The van der Waals surface area contributed by atoms with Crippen LogP contribution < -0.4 is 5.32 Å². The number of hydrogen-bond acceptors (Lipinski definition) is 3. The molecule has 2 unspecified atom stereocenters. The third kappa shape index (κ3) is 3.53. The molecule has 30 heavy (non-hydrogen) atoms. The van der Waals surface area contributed by atoms with E-state index in [4.69, 9.17) is 0 Å². The lowest BCUT2D eigenvalue weighted by molar-refractivity contribution is -0.149. The average molecular weight is 419 g/mol. The second kappa shape index (κ2) is 7.19. The second-order valence-electron chi connectivity index (χ2n) is 7.51. The van der Waals surface area contributed by atoms with Gasteiger partial charge in [0, 0.05) is 35.9 Å². The minimum atomic E-state index is -4.55. The summed E-state index contributed by atoms with van der Waals surface area (Å²) in [5, 5.41) is 8.57. The molecular weight excluding hydrogens is 399 g/mol. The summed E-state index contributed by atoms with van der Waals surface area (Å²) in [6.07, 6.45) is -0.588. The van der Waals surface area contributed by atoms with Gasteiger partial charge in [0.15, 0.2) is 0 Å².